The lowest BCUT2D eigenvalue weighted by molar-refractivity contribution is -0.115. The van der Waals surface area contributed by atoms with E-state index in [1.807, 2.05) is 84.2 Å². The minimum absolute atomic E-state index is 0.130. The smallest absolute Gasteiger partial charge is 0.244 e. The summed E-state index contributed by atoms with van der Waals surface area (Å²) in [5.74, 6) is 0.658. The Bertz CT molecular complexity index is 1160. The zero-order chi connectivity index (χ0) is 21.6. The van der Waals surface area contributed by atoms with Crippen LogP contribution in [0.25, 0.3) is 11.3 Å². The predicted octanol–water partition coefficient (Wildman–Crippen LogP) is 5.87. The van der Waals surface area contributed by atoms with E-state index in [2.05, 4.69) is 10.3 Å². The monoisotopic (exact) mass is 447 g/mol. The SMILES string of the molecule is COc1ccc(-c2csc(NC(=O)C(Sc3cccc(N)c3)c3ccccc3)n2)cc1. The van der Waals surface area contributed by atoms with Crippen molar-refractivity contribution in [2.75, 3.05) is 18.2 Å². The highest BCUT2D eigenvalue weighted by molar-refractivity contribution is 8.00. The van der Waals surface area contributed by atoms with Gasteiger partial charge >= 0.3 is 0 Å². The number of hydrogen-bond donors (Lipinski definition) is 2. The molecule has 0 bridgehead atoms. The van der Waals surface area contributed by atoms with E-state index in [1.165, 1.54) is 23.1 Å². The molecule has 0 saturated carbocycles. The Balaban J connectivity index is 1.54. The number of nitrogens with one attached hydrogen (secondary N) is 1. The van der Waals surface area contributed by atoms with Crippen LogP contribution in [0.15, 0.2) is 89.1 Å². The van der Waals surface area contributed by atoms with Crippen molar-refractivity contribution in [1.82, 2.24) is 4.98 Å². The molecule has 0 fully saturated rings. The van der Waals surface area contributed by atoms with Gasteiger partial charge < -0.3 is 15.8 Å². The van der Waals surface area contributed by atoms with Gasteiger partial charge in [-0.15, -0.1) is 23.1 Å². The molecule has 0 aliphatic heterocycles. The summed E-state index contributed by atoms with van der Waals surface area (Å²) in [4.78, 5) is 18.7. The molecular weight excluding hydrogens is 426 g/mol. The average molecular weight is 448 g/mol. The zero-order valence-corrected chi connectivity index (χ0v) is 18.5. The standard InChI is InChI=1S/C24H21N3O2S2/c1-29-19-12-10-16(11-13-19)21-15-30-24(26-21)27-23(28)22(17-6-3-2-4-7-17)31-20-9-5-8-18(25)14-20/h2-15,22H,25H2,1H3,(H,26,27,28). The third kappa shape index (κ3) is 5.25. The van der Waals surface area contributed by atoms with E-state index in [0.717, 1.165) is 27.5 Å². The minimum Gasteiger partial charge on any atom is -0.497 e. The number of aromatic nitrogens is 1. The molecule has 1 unspecified atom stereocenters. The van der Waals surface area contributed by atoms with Gasteiger partial charge in [0.05, 0.1) is 12.8 Å². The molecule has 156 valence electrons. The van der Waals surface area contributed by atoms with Gasteiger partial charge in [0.15, 0.2) is 5.13 Å². The number of amides is 1. The topological polar surface area (TPSA) is 77.2 Å². The number of thioether (sulfide) groups is 1. The van der Waals surface area contributed by atoms with Crippen molar-refractivity contribution in [2.24, 2.45) is 0 Å². The highest BCUT2D eigenvalue weighted by Gasteiger charge is 2.23. The van der Waals surface area contributed by atoms with Crippen LogP contribution in [0.3, 0.4) is 0 Å². The number of rotatable bonds is 7. The Morgan fingerprint density at radius 3 is 2.55 bits per heavy atom. The number of hydrogen-bond acceptors (Lipinski definition) is 6. The Morgan fingerprint density at radius 1 is 1.06 bits per heavy atom. The number of carbonyl (C=O) groups is 1. The first kappa shape index (κ1) is 21.0. The van der Waals surface area contributed by atoms with Gasteiger partial charge in [0.25, 0.3) is 0 Å². The molecule has 1 aromatic heterocycles. The molecule has 3 aromatic carbocycles. The van der Waals surface area contributed by atoms with E-state index in [1.54, 1.807) is 7.11 Å². The summed E-state index contributed by atoms with van der Waals surface area (Å²) >= 11 is 2.86. The van der Waals surface area contributed by atoms with E-state index in [9.17, 15) is 4.79 Å². The highest BCUT2D eigenvalue weighted by Crippen LogP contribution is 2.37. The van der Waals surface area contributed by atoms with E-state index < -0.39 is 5.25 Å². The summed E-state index contributed by atoms with van der Waals surface area (Å²) in [6.45, 7) is 0. The van der Waals surface area contributed by atoms with Gasteiger partial charge in [-0.25, -0.2) is 4.98 Å². The zero-order valence-electron chi connectivity index (χ0n) is 16.8. The molecule has 0 aliphatic rings. The van der Waals surface area contributed by atoms with Crippen LogP contribution in [0.4, 0.5) is 10.8 Å². The Hall–Kier alpha value is -3.29. The van der Waals surface area contributed by atoms with Gasteiger partial charge in [0.2, 0.25) is 5.91 Å². The first-order valence-electron chi connectivity index (χ1n) is 9.60. The number of methoxy groups -OCH3 is 1. The second-order valence-electron chi connectivity index (χ2n) is 6.74. The van der Waals surface area contributed by atoms with Crippen molar-refractivity contribution in [1.29, 1.82) is 0 Å². The maximum atomic E-state index is 13.2. The molecule has 1 atom stereocenters. The van der Waals surface area contributed by atoms with Crippen molar-refractivity contribution >= 4 is 39.8 Å². The first-order chi connectivity index (χ1) is 15.1. The normalized spacial score (nSPS) is 11.6. The Labute approximate surface area is 189 Å². The number of nitrogen functional groups attached to an aromatic ring is 1. The molecule has 0 spiro atoms. The largest absolute Gasteiger partial charge is 0.497 e. The fraction of sp³-hybridized carbons (Fsp3) is 0.0833. The number of nitrogens with two attached hydrogens (primary N) is 1. The number of carbonyl (C=O) groups excluding carboxylic acids is 1. The minimum atomic E-state index is -0.434. The summed E-state index contributed by atoms with van der Waals surface area (Å²) in [5.41, 5.74) is 9.27. The van der Waals surface area contributed by atoms with Gasteiger partial charge in [-0.3, -0.25) is 4.79 Å². The second-order valence-corrected chi connectivity index (χ2v) is 8.77. The number of nitrogens with zero attached hydrogens (tertiary/aromatic N) is 1. The fourth-order valence-electron chi connectivity index (χ4n) is 3.02. The number of ether oxygens (including phenoxy) is 1. The van der Waals surface area contributed by atoms with Crippen LogP contribution in [0.1, 0.15) is 10.8 Å². The molecule has 4 rings (SSSR count). The van der Waals surface area contributed by atoms with Crippen LogP contribution in [0.5, 0.6) is 5.75 Å². The average Bonchev–Trinajstić information content (AvgIpc) is 3.26. The summed E-state index contributed by atoms with van der Waals surface area (Å²) < 4.78 is 5.20. The number of anilines is 2. The second kappa shape index (κ2) is 9.68. The highest BCUT2D eigenvalue weighted by atomic mass is 32.2. The van der Waals surface area contributed by atoms with Crippen molar-refractivity contribution < 1.29 is 9.53 Å². The third-order valence-electron chi connectivity index (χ3n) is 4.57. The van der Waals surface area contributed by atoms with Crippen LogP contribution < -0.4 is 15.8 Å². The molecular formula is C24H21N3O2S2. The summed E-state index contributed by atoms with van der Waals surface area (Å²) in [7, 11) is 1.64. The molecule has 4 aromatic rings. The van der Waals surface area contributed by atoms with Crippen molar-refractivity contribution in [2.45, 2.75) is 10.1 Å². The third-order valence-corrected chi connectivity index (χ3v) is 6.58. The number of benzene rings is 3. The van der Waals surface area contributed by atoms with Gasteiger partial charge in [-0.1, -0.05) is 36.4 Å². The maximum absolute atomic E-state index is 13.2. The van der Waals surface area contributed by atoms with E-state index in [4.69, 9.17) is 10.5 Å². The lowest BCUT2D eigenvalue weighted by Gasteiger charge is -2.16. The van der Waals surface area contributed by atoms with Gasteiger partial charge in [0, 0.05) is 21.5 Å². The molecule has 3 N–H and O–H groups in total. The lowest BCUT2D eigenvalue weighted by Crippen LogP contribution is -2.19. The quantitative estimate of drug-likeness (QED) is 0.274. The fourth-order valence-corrected chi connectivity index (χ4v) is 4.84. The molecule has 1 amide bonds. The van der Waals surface area contributed by atoms with Crippen LogP contribution >= 0.6 is 23.1 Å². The lowest BCUT2D eigenvalue weighted by atomic mass is 10.1. The van der Waals surface area contributed by atoms with Gasteiger partial charge in [0.1, 0.15) is 11.0 Å². The molecule has 31 heavy (non-hydrogen) atoms. The maximum Gasteiger partial charge on any atom is 0.244 e. The molecule has 0 radical (unpaired) electrons. The Morgan fingerprint density at radius 2 is 1.84 bits per heavy atom. The molecule has 1 heterocycles. The molecule has 0 aliphatic carbocycles. The molecule has 7 heteroatoms. The van der Waals surface area contributed by atoms with Crippen molar-refractivity contribution in [3.05, 3.63) is 89.8 Å². The van der Waals surface area contributed by atoms with Gasteiger partial charge in [-0.05, 0) is 48.0 Å². The van der Waals surface area contributed by atoms with E-state index in [-0.39, 0.29) is 5.91 Å². The molecule has 5 nitrogen and oxygen atoms in total. The van der Waals surface area contributed by atoms with Crippen LogP contribution in [-0.4, -0.2) is 18.0 Å². The van der Waals surface area contributed by atoms with Crippen molar-refractivity contribution in [3.63, 3.8) is 0 Å². The predicted molar refractivity (Wildman–Crippen MR) is 129 cm³/mol. The van der Waals surface area contributed by atoms with Crippen LogP contribution in [0, 0.1) is 0 Å². The summed E-state index contributed by atoms with van der Waals surface area (Å²) in [6, 6.07) is 24.9. The Kier molecular flexibility index (Phi) is 6.54. The number of thiazole rings is 1. The van der Waals surface area contributed by atoms with E-state index in [0.29, 0.717) is 10.8 Å². The van der Waals surface area contributed by atoms with Crippen LogP contribution in [0.2, 0.25) is 0 Å². The first-order valence-corrected chi connectivity index (χ1v) is 11.4. The summed E-state index contributed by atoms with van der Waals surface area (Å²) in [6.07, 6.45) is 0. The van der Waals surface area contributed by atoms with Gasteiger partial charge in [-0.2, -0.15) is 0 Å². The molecule has 0 saturated heterocycles. The van der Waals surface area contributed by atoms with E-state index >= 15 is 0 Å². The van der Waals surface area contributed by atoms with Crippen LogP contribution in [-0.2, 0) is 4.79 Å². The van der Waals surface area contributed by atoms with Crippen molar-refractivity contribution in [3.8, 4) is 17.0 Å². The summed E-state index contributed by atoms with van der Waals surface area (Å²) in [5, 5.41) is 5.04.